The summed E-state index contributed by atoms with van der Waals surface area (Å²) in [6, 6.07) is -0.00253. The van der Waals surface area contributed by atoms with Crippen molar-refractivity contribution in [2.45, 2.75) is 82.7 Å². The number of carbonyl (C=O) groups is 2. The smallest absolute Gasteiger partial charge is 0.346 e. The van der Waals surface area contributed by atoms with Crippen molar-refractivity contribution in [3.63, 3.8) is 0 Å². The Kier molecular flexibility index (Phi) is 7.91. The van der Waals surface area contributed by atoms with Crippen molar-refractivity contribution in [2.24, 2.45) is 17.8 Å². The molecule has 228 valence electrons. The number of imidazole rings is 1. The van der Waals surface area contributed by atoms with E-state index in [1.54, 1.807) is 6.07 Å². The highest BCUT2D eigenvalue weighted by Gasteiger charge is 2.46. The molecule has 0 radical (unpaired) electrons. The summed E-state index contributed by atoms with van der Waals surface area (Å²) in [6.45, 7) is 2.14. The summed E-state index contributed by atoms with van der Waals surface area (Å²) in [5.41, 5.74) is 1.23. The van der Waals surface area contributed by atoms with Crippen molar-refractivity contribution in [3.05, 3.63) is 41.1 Å². The monoisotopic (exact) mass is 601 g/mol. The first-order chi connectivity index (χ1) is 19.7. The van der Waals surface area contributed by atoms with Gasteiger partial charge in [0, 0.05) is 12.8 Å². The fraction of sp³-hybridized carbons (Fsp3) is 0.615. The Labute approximate surface area is 235 Å². The van der Waals surface area contributed by atoms with Gasteiger partial charge in [-0.3, -0.25) is 9.59 Å². The number of carbonyl (C=O) groups excluding carboxylic acids is 2. The molecule has 1 unspecified atom stereocenters. The maximum Gasteiger partial charge on any atom is 0.394 e. The number of amides is 2. The third-order valence-electron chi connectivity index (χ3n) is 8.02. The molecule has 2 saturated carbocycles. The van der Waals surface area contributed by atoms with Crippen molar-refractivity contribution in [1.29, 1.82) is 0 Å². The molecule has 2 N–H and O–H groups in total. The summed E-state index contributed by atoms with van der Waals surface area (Å²) in [5, 5.41) is 16.7. The van der Waals surface area contributed by atoms with E-state index in [1.165, 1.54) is 23.8 Å². The Morgan fingerprint density at radius 3 is 2.33 bits per heavy atom. The number of hydrogen-bond donors (Lipinski definition) is 2. The number of fused-ring (bicyclic) bond motifs is 1. The number of rotatable bonds is 9. The molecule has 3 aromatic heterocycles. The second kappa shape index (κ2) is 11.2. The highest BCUT2D eigenvalue weighted by molar-refractivity contribution is 5.93. The Morgan fingerprint density at radius 1 is 1.07 bits per heavy atom. The molecule has 5 rings (SSSR count). The Morgan fingerprint density at radius 2 is 1.74 bits per heavy atom. The van der Waals surface area contributed by atoms with Gasteiger partial charge in [-0.15, -0.1) is 0 Å². The van der Waals surface area contributed by atoms with Gasteiger partial charge in [-0.05, 0) is 61.2 Å². The number of alkyl halides is 6. The minimum Gasteiger partial charge on any atom is -0.346 e. The molecule has 4 atom stereocenters. The topological polar surface area (TPSA) is 127 Å². The van der Waals surface area contributed by atoms with E-state index in [2.05, 4.69) is 35.7 Å². The van der Waals surface area contributed by atoms with Crippen LogP contribution in [0.25, 0.3) is 5.65 Å². The molecule has 0 bridgehead atoms. The van der Waals surface area contributed by atoms with Crippen LogP contribution in [0.3, 0.4) is 0 Å². The van der Waals surface area contributed by atoms with Gasteiger partial charge < -0.3 is 10.6 Å². The standard InChI is InChI=1S/C26H29F6N7O3/c1-12(26(30,31)32)19(27)23(40)35-21(14-3-4-14)16-9-18-34-17(11-39(18)33-10-16)22(15-5-7-25(28,29)8-6-15)36-24(41)20-13(2)37-42-38-20/h9-12,14-15,19,21-22H,3-8H2,1-2H3,(H,35,40)(H,36,41)/t12-,19+,21?,22+/m1/s1. The van der Waals surface area contributed by atoms with Gasteiger partial charge in [0.15, 0.2) is 17.5 Å². The minimum absolute atomic E-state index is 0.0562. The molecule has 2 fully saturated rings. The lowest BCUT2D eigenvalue weighted by Crippen LogP contribution is -2.43. The van der Waals surface area contributed by atoms with Gasteiger partial charge in [-0.25, -0.2) is 27.3 Å². The van der Waals surface area contributed by atoms with Gasteiger partial charge >= 0.3 is 6.18 Å². The average molecular weight is 602 g/mol. The Hall–Kier alpha value is -3.72. The van der Waals surface area contributed by atoms with Crippen LogP contribution in [0.2, 0.25) is 0 Å². The van der Waals surface area contributed by atoms with E-state index in [-0.39, 0.29) is 54.6 Å². The number of nitrogens with zero attached hydrogens (tertiary/aromatic N) is 5. The van der Waals surface area contributed by atoms with E-state index in [0.29, 0.717) is 31.0 Å². The van der Waals surface area contributed by atoms with Crippen LogP contribution in [0.1, 0.15) is 85.0 Å². The first-order valence-electron chi connectivity index (χ1n) is 13.6. The SMILES string of the molecule is Cc1nonc1C(=O)N[C@H](c1cn2ncc(C(NC(=O)[C@@H](F)[C@@H](C)C(F)(F)F)C3CC3)cc2n1)C1CCC(F)(F)CC1. The van der Waals surface area contributed by atoms with Gasteiger partial charge in [-0.1, -0.05) is 12.1 Å². The molecule has 3 heterocycles. The van der Waals surface area contributed by atoms with Crippen molar-refractivity contribution in [2.75, 3.05) is 0 Å². The average Bonchev–Trinajstić information content (AvgIpc) is 3.54. The summed E-state index contributed by atoms with van der Waals surface area (Å²) in [7, 11) is 0. The zero-order valence-corrected chi connectivity index (χ0v) is 22.7. The lowest BCUT2D eigenvalue weighted by Gasteiger charge is -2.33. The van der Waals surface area contributed by atoms with Crippen LogP contribution in [0, 0.1) is 24.7 Å². The first kappa shape index (κ1) is 29.8. The fourth-order valence-corrected chi connectivity index (χ4v) is 5.23. The zero-order chi connectivity index (χ0) is 30.4. The molecular formula is C26H29F6N7O3. The van der Waals surface area contributed by atoms with Gasteiger partial charge in [0.05, 0.1) is 36.1 Å². The number of aryl methyl sites for hydroxylation is 1. The predicted octanol–water partition coefficient (Wildman–Crippen LogP) is 4.82. The van der Waals surface area contributed by atoms with Crippen LogP contribution < -0.4 is 10.6 Å². The van der Waals surface area contributed by atoms with Gasteiger partial charge in [0.1, 0.15) is 5.69 Å². The van der Waals surface area contributed by atoms with Crippen LogP contribution in [0.5, 0.6) is 0 Å². The third-order valence-corrected chi connectivity index (χ3v) is 8.02. The van der Waals surface area contributed by atoms with Crippen LogP contribution >= 0.6 is 0 Å². The molecular weight excluding hydrogens is 572 g/mol. The molecule has 10 nitrogen and oxygen atoms in total. The van der Waals surface area contributed by atoms with Gasteiger partial charge in [0.25, 0.3) is 11.8 Å². The number of halogens is 6. The van der Waals surface area contributed by atoms with E-state index >= 15 is 0 Å². The summed E-state index contributed by atoms with van der Waals surface area (Å²) in [6.07, 6.45) is -3.81. The maximum atomic E-state index is 14.4. The molecule has 3 aromatic rings. The Balaban J connectivity index is 1.41. The molecule has 0 aliphatic heterocycles. The Bertz CT molecular complexity index is 1440. The van der Waals surface area contributed by atoms with Crippen molar-refractivity contribution in [3.8, 4) is 0 Å². The van der Waals surface area contributed by atoms with Crippen LogP contribution in [0.4, 0.5) is 26.3 Å². The van der Waals surface area contributed by atoms with Crippen molar-refractivity contribution < 1.29 is 40.6 Å². The van der Waals surface area contributed by atoms with Crippen molar-refractivity contribution in [1.82, 2.24) is 35.5 Å². The van der Waals surface area contributed by atoms with Crippen LogP contribution in [-0.2, 0) is 4.79 Å². The second-order valence-corrected chi connectivity index (χ2v) is 11.2. The maximum absolute atomic E-state index is 14.4. The highest BCUT2D eigenvalue weighted by atomic mass is 19.4. The zero-order valence-electron chi connectivity index (χ0n) is 22.7. The molecule has 2 aliphatic rings. The summed E-state index contributed by atoms with van der Waals surface area (Å²) in [5.74, 6) is -7.75. The second-order valence-electron chi connectivity index (χ2n) is 11.2. The van der Waals surface area contributed by atoms with E-state index in [1.807, 2.05) is 0 Å². The normalized spacial score (nSPS) is 20.6. The fourth-order valence-electron chi connectivity index (χ4n) is 5.23. The summed E-state index contributed by atoms with van der Waals surface area (Å²) < 4.78 is 87.1. The lowest BCUT2D eigenvalue weighted by atomic mass is 9.81. The molecule has 2 aliphatic carbocycles. The quantitative estimate of drug-likeness (QED) is 0.337. The van der Waals surface area contributed by atoms with Gasteiger partial charge in [0.2, 0.25) is 5.92 Å². The van der Waals surface area contributed by atoms with Crippen LogP contribution in [-0.4, -0.2) is 55.0 Å². The number of hydrogen-bond acceptors (Lipinski definition) is 7. The lowest BCUT2D eigenvalue weighted by molar-refractivity contribution is -0.188. The molecule has 42 heavy (non-hydrogen) atoms. The largest absolute Gasteiger partial charge is 0.394 e. The number of nitrogens with one attached hydrogen (secondary N) is 2. The molecule has 0 spiro atoms. The summed E-state index contributed by atoms with van der Waals surface area (Å²) >= 11 is 0. The molecule has 16 heteroatoms. The first-order valence-corrected chi connectivity index (χ1v) is 13.6. The molecule has 0 saturated heterocycles. The minimum atomic E-state index is -4.87. The van der Waals surface area contributed by atoms with Crippen molar-refractivity contribution >= 4 is 17.5 Å². The number of aromatic nitrogens is 5. The summed E-state index contributed by atoms with van der Waals surface area (Å²) in [4.78, 5) is 30.0. The van der Waals surface area contributed by atoms with Gasteiger partial charge in [-0.2, -0.15) is 18.3 Å². The highest BCUT2D eigenvalue weighted by Crippen LogP contribution is 2.43. The van der Waals surface area contributed by atoms with E-state index < -0.39 is 48.1 Å². The molecule has 2 amide bonds. The van der Waals surface area contributed by atoms with E-state index in [0.717, 1.165) is 0 Å². The third kappa shape index (κ3) is 6.36. The molecule has 0 aromatic carbocycles. The van der Waals surface area contributed by atoms with E-state index in [4.69, 9.17) is 0 Å². The predicted molar refractivity (Wildman–Crippen MR) is 133 cm³/mol. The van der Waals surface area contributed by atoms with Crippen LogP contribution in [0.15, 0.2) is 23.1 Å². The van der Waals surface area contributed by atoms with E-state index in [9.17, 15) is 35.9 Å².